The molecule has 0 aromatic heterocycles. The minimum absolute atomic E-state index is 0.117. The molecule has 0 unspecified atom stereocenters. The second kappa shape index (κ2) is 9.03. The third kappa shape index (κ3) is 5.46. The van der Waals surface area contributed by atoms with Crippen LogP contribution in [0.25, 0.3) is 0 Å². The number of quaternary nitrogens is 1. The fourth-order valence-electron chi connectivity index (χ4n) is 2.71. The third-order valence-corrected chi connectivity index (χ3v) is 4.04. The summed E-state index contributed by atoms with van der Waals surface area (Å²) >= 11 is 0. The SMILES string of the molecule is CCOC(=O)N1CC[NH+](CC(=O)Nc2cccc(C(=O)NC)c2)CC1. The van der Waals surface area contributed by atoms with Crippen LogP contribution in [0.4, 0.5) is 10.5 Å². The largest absolute Gasteiger partial charge is 0.450 e. The Morgan fingerprint density at radius 2 is 1.96 bits per heavy atom. The number of nitrogens with zero attached hydrogens (tertiary/aromatic N) is 1. The van der Waals surface area contributed by atoms with Crippen molar-refractivity contribution in [2.45, 2.75) is 6.92 Å². The summed E-state index contributed by atoms with van der Waals surface area (Å²) in [6.07, 6.45) is -0.294. The van der Waals surface area contributed by atoms with Crippen LogP contribution in [0, 0.1) is 0 Å². The molecule has 0 atom stereocenters. The molecule has 25 heavy (non-hydrogen) atoms. The second-order valence-electron chi connectivity index (χ2n) is 5.82. The van der Waals surface area contributed by atoms with Gasteiger partial charge in [-0.05, 0) is 25.1 Å². The average Bonchev–Trinajstić information content (AvgIpc) is 2.62. The molecule has 0 radical (unpaired) electrons. The molecule has 136 valence electrons. The molecule has 8 nitrogen and oxygen atoms in total. The van der Waals surface area contributed by atoms with Crippen molar-refractivity contribution in [2.24, 2.45) is 0 Å². The second-order valence-corrected chi connectivity index (χ2v) is 5.82. The van der Waals surface area contributed by atoms with Crippen LogP contribution in [0.2, 0.25) is 0 Å². The van der Waals surface area contributed by atoms with Crippen molar-refractivity contribution >= 4 is 23.6 Å². The number of amides is 3. The molecule has 1 aromatic rings. The molecule has 8 heteroatoms. The van der Waals surface area contributed by atoms with E-state index in [1.165, 1.54) is 0 Å². The summed E-state index contributed by atoms with van der Waals surface area (Å²) in [6.45, 7) is 5.02. The lowest BCUT2D eigenvalue weighted by Gasteiger charge is -2.31. The number of rotatable bonds is 5. The molecule has 1 aromatic carbocycles. The van der Waals surface area contributed by atoms with Gasteiger partial charge >= 0.3 is 6.09 Å². The highest BCUT2D eigenvalue weighted by molar-refractivity contribution is 5.97. The van der Waals surface area contributed by atoms with Gasteiger partial charge in [0, 0.05) is 18.3 Å². The van der Waals surface area contributed by atoms with Gasteiger partial charge in [0.05, 0.1) is 32.8 Å². The summed E-state index contributed by atoms with van der Waals surface area (Å²) < 4.78 is 4.98. The van der Waals surface area contributed by atoms with E-state index in [9.17, 15) is 14.4 Å². The van der Waals surface area contributed by atoms with Gasteiger partial charge in [0.15, 0.2) is 6.54 Å². The van der Waals surface area contributed by atoms with Crippen LogP contribution >= 0.6 is 0 Å². The molecule has 1 saturated heterocycles. The van der Waals surface area contributed by atoms with E-state index in [1.54, 1.807) is 43.1 Å². The van der Waals surface area contributed by atoms with Crippen LogP contribution in [0.3, 0.4) is 0 Å². The van der Waals surface area contributed by atoms with Crippen molar-refractivity contribution in [3.63, 3.8) is 0 Å². The van der Waals surface area contributed by atoms with Crippen LogP contribution in [0.5, 0.6) is 0 Å². The Balaban J connectivity index is 1.81. The minimum Gasteiger partial charge on any atom is -0.450 e. The van der Waals surface area contributed by atoms with E-state index in [-0.39, 0.29) is 17.9 Å². The van der Waals surface area contributed by atoms with Crippen molar-refractivity contribution in [3.8, 4) is 0 Å². The van der Waals surface area contributed by atoms with Gasteiger partial charge in [0.2, 0.25) is 0 Å². The van der Waals surface area contributed by atoms with Gasteiger partial charge in [-0.3, -0.25) is 14.5 Å². The van der Waals surface area contributed by atoms with Crippen LogP contribution in [0.15, 0.2) is 24.3 Å². The van der Waals surface area contributed by atoms with Gasteiger partial charge in [-0.15, -0.1) is 0 Å². The minimum atomic E-state index is -0.294. The Morgan fingerprint density at radius 3 is 2.60 bits per heavy atom. The van der Waals surface area contributed by atoms with Crippen molar-refractivity contribution in [2.75, 3.05) is 51.7 Å². The molecule has 0 spiro atoms. The lowest BCUT2D eigenvalue weighted by Crippen LogP contribution is -3.15. The van der Waals surface area contributed by atoms with E-state index in [0.29, 0.717) is 50.6 Å². The molecule has 0 bridgehead atoms. The van der Waals surface area contributed by atoms with Crippen molar-refractivity contribution in [3.05, 3.63) is 29.8 Å². The van der Waals surface area contributed by atoms with Gasteiger partial charge in [-0.2, -0.15) is 0 Å². The van der Waals surface area contributed by atoms with Gasteiger partial charge in [-0.25, -0.2) is 4.79 Å². The van der Waals surface area contributed by atoms with Gasteiger partial charge in [0.25, 0.3) is 11.8 Å². The highest BCUT2D eigenvalue weighted by Crippen LogP contribution is 2.10. The lowest BCUT2D eigenvalue weighted by atomic mass is 10.2. The average molecular weight is 349 g/mol. The summed E-state index contributed by atoms with van der Waals surface area (Å²) in [5.41, 5.74) is 1.09. The van der Waals surface area contributed by atoms with Crippen LogP contribution < -0.4 is 15.5 Å². The Hall–Kier alpha value is -2.61. The van der Waals surface area contributed by atoms with Gasteiger partial charge < -0.3 is 20.3 Å². The highest BCUT2D eigenvalue weighted by atomic mass is 16.6. The molecule has 1 aliphatic heterocycles. The number of ether oxygens (including phenoxy) is 1. The number of hydrogen-bond donors (Lipinski definition) is 3. The molecule has 1 aliphatic rings. The zero-order valence-corrected chi connectivity index (χ0v) is 14.6. The fraction of sp³-hybridized carbons (Fsp3) is 0.471. The number of anilines is 1. The van der Waals surface area contributed by atoms with Crippen LogP contribution in [0.1, 0.15) is 17.3 Å². The molecule has 0 aliphatic carbocycles. The smallest absolute Gasteiger partial charge is 0.410 e. The van der Waals surface area contributed by atoms with Crippen LogP contribution in [-0.4, -0.2) is 69.2 Å². The van der Waals surface area contributed by atoms with E-state index in [1.807, 2.05) is 0 Å². The number of nitrogens with one attached hydrogen (secondary N) is 3. The highest BCUT2D eigenvalue weighted by Gasteiger charge is 2.25. The first-order valence-electron chi connectivity index (χ1n) is 8.40. The zero-order chi connectivity index (χ0) is 18.2. The van der Waals surface area contributed by atoms with E-state index in [2.05, 4.69) is 10.6 Å². The quantitative estimate of drug-likeness (QED) is 0.658. The molecular formula is C17H25N4O4+. The molecular weight excluding hydrogens is 324 g/mol. The number of benzene rings is 1. The Bertz CT molecular complexity index is 627. The first-order valence-corrected chi connectivity index (χ1v) is 8.40. The Labute approximate surface area is 147 Å². The summed E-state index contributed by atoms with van der Waals surface area (Å²) in [6, 6.07) is 6.81. The van der Waals surface area contributed by atoms with Crippen LogP contribution in [-0.2, 0) is 9.53 Å². The monoisotopic (exact) mass is 349 g/mol. The normalized spacial score (nSPS) is 14.7. The Kier molecular flexibility index (Phi) is 6.76. The summed E-state index contributed by atoms with van der Waals surface area (Å²) in [5.74, 6) is -0.314. The zero-order valence-electron chi connectivity index (χ0n) is 14.6. The fourth-order valence-corrected chi connectivity index (χ4v) is 2.71. The number of carbonyl (C=O) groups excluding carboxylic acids is 3. The maximum Gasteiger partial charge on any atom is 0.410 e. The maximum atomic E-state index is 12.2. The van der Waals surface area contributed by atoms with E-state index in [4.69, 9.17) is 4.74 Å². The topological polar surface area (TPSA) is 92.2 Å². The van der Waals surface area contributed by atoms with Gasteiger partial charge in [0.1, 0.15) is 0 Å². The Morgan fingerprint density at radius 1 is 1.24 bits per heavy atom. The molecule has 0 saturated carbocycles. The van der Waals surface area contributed by atoms with Crippen molar-refractivity contribution in [1.29, 1.82) is 0 Å². The molecule has 3 amide bonds. The molecule has 1 fully saturated rings. The van der Waals surface area contributed by atoms with E-state index in [0.717, 1.165) is 4.90 Å². The molecule has 1 heterocycles. The maximum absolute atomic E-state index is 12.2. The van der Waals surface area contributed by atoms with Crippen molar-refractivity contribution < 1.29 is 24.0 Å². The first kappa shape index (κ1) is 18.7. The van der Waals surface area contributed by atoms with Gasteiger partial charge in [-0.1, -0.05) is 6.07 Å². The molecule has 3 N–H and O–H groups in total. The van der Waals surface area contributed by atoms with E-state index >= 15 is 0 Å². The molecule has 2 rings (SSSR count). The summed E-state index contributed by atoms with van der Waals surface area (Å²) in [5, 5.41) is 5.37. The number of hydrogen-bond acceptors (Lipinski definition) is 4. The predicted octanol–water partition coefficient (Wildman–Crippen LogP) is -0.658. The standard InChI is InChI=1S/C17H24N4O4/c1-3-25-17(24)21-9-7-20(8-10-21)12-15(22)19-14-6-4-5-13(11-14)16(23)18-2/h4-6,11H,3,7-10,12H2,1-2H3,(H,18,23)(H,19,22)/p+1. The third-order valence-electron chi connectivity index (χ3n) is 4.04. The lowest BCUT2D eigenvalue weighted by molar-refractivity contribution is -0.895. The van der Waals surface area contributed by atoms with Crippen molar-refractivity contribution in [1.82, 2.24) is 10.2 Å². The van der Waals surface area contributed by atoms with E-state index < -0.39 is 0 Å². The summed E-state index contributed by atoms with van der Waals surface area (Å²) in [7, 11) is 1.56. The first-order chi connectivity index (χ1) is 12.0. The number of piperazine rings is 1. The summed E-state index contributed by atoms with van der Waals surface area (Å²) in [4.78, 5) is 38.3. The predicted molar refractivity (Wildman–Crippen MR) is 92.6 cm³/mol. The number of carbonyl (C=O) groups is 3.